The van der Waals surface area contributed by atoms with Gasteiger partial charge in [-0.1, -0.05) is 15.9 Å². The summed E-state index contributed by atoms with van der Waals surface area (Å²) in [6.45, 7) is 2.73. The van der Waals surface area contributed by atoms with Crippen molar-refractivity contribution >= 4 is 37.8 Å². The van der Waals surface area contributed by atoms with Crippen LogP contribution in [0, 0.1) is 0 Å². The second-order valence-electron chi connectivity index (χ2n) is 4.57. The van der Waals surface area contributed by atoms with E-state index in [1.54, 1.807) is 11.0 Å². The van der Waals surface area contributed by atoms with Gasteiger partial charge < -0.3 is 14.7 Å². The molecule has 1 N–H and O–H groups in total. The number of benzene rings is 1. The summed E-state index contributed by atoms with van der Waals surface area (Å²) in [5.41, 5.74) is 0.611. The zero-order valence-electron chi connectivity index (χ0n) is 10.5. The van der Waals surface area contributed by atoms with Crippen LogP contribution in [0.4, 0.5) is 0 Å². The van der Waals surface area contributed by atoms with E-state index in [2.05, 4.69) is 31.9 Å². The molecular weight excluding hydrogens is 378 g/mol. The topological polar surface area (TPSA) is 49.8 Å². The Morgan fingerprint density at radius 1 is 1.53 bits per heavy atom. The number of hydrogen-bond donors (Lipinski definition) is 1. The Morgan fingerprint density at radius 3 is 2.95 bits per heavy atom. The van der Waals surface area contributed by atoms with Crippen molar-refractivity contribution < 1.29 is 14.6 Å². The largest absolute Gasteiger partial charge is 0.394 e. The standard InChI is InChI=1S/C13H15Br2NO3/c1-8-7-19-10(6-17)5-16(8)13(18)11-4-9(14)2-3-12(11)15/h2-4,8,10,17H,5-7H2,1H3. The molecule has 1 aromatic carbocycles. The molecule has 1 heterocycles. The normalized spacial score (nSPS) is 23.5. The molecule has 1 aromatic rings. The lowest BCUT2D eigenvalue weighted by atomic mass is 10.1. The highest BCUT2D eigenvalue weighted by atomic mass is 79.9. The summed E-state index contributed by atoms with van der Waals surface area (Å²) in [6.07, 6.45) is -0.300. The SMILES string of the molecule is CC1COC(CO)CN1C(=O)c1cc(Br)ccc1Br. The van der Waals surface area contributed by atoms with Gasteiger partial charge in [0, 0.05) is 15.5 Å². The quantitative estimate of drug-likeness (QED) is 0.840. The first-order chi connectivity index (χ1) is 9.02. The Hall–Kier alpha value is -0.430. The van der Waals surface area contributed by atoms with Gasteiger partial charge in [0.25, 0.3) is 5.91 Å². The highest BCUT2D eigenvalue weighted by Gasteiger charge is 2.30. The molecule has 1 aliphatic heterocycles. The molecule has 4 nitrogen and oxygen atoms in total. The minimum absolute atomic E-state index is 0.00109. The Balaban J connectivity index is 2.24. The molecule has 2 atom stereocenters. The van der Waals surface area contributed by atoms with Gasteiger partial charge in [0.2, 0.25) is 0 Å². The van der Waals surface area contributed by atoms with Crippen LogP contribution in [0.15, 0.2) is 27.1 Å². The number of hydrogen-bond acceptors (Lipinski definition) is 3. The van der Waals surface area contributed by atoms with Gasteiger partial charge in [0.1, 0.15) is 0 Å². The fourth-order valence-corrected chi connectivity index (χ4v) is 2.80. The van der Waals surface area contributed by atoms with E-state index in [-0.39, 0.29) is 24.7 Å². The zero-order valence-corrected chi connectivity index (χ0v) is 13.6. The first-order valence-electron chi connectivity index (χ1n) is 6.01. The molecule has 0 saturated carbocycles. The molecule has 104 valence electrons. The molecule has 0 aliphatic carbocycles. The van der Waals surface area contributed by atoms with E-state index in [0.717, 1.165) is 8.95 Å². The molecule has 1 fully saturated rings. The smallest absolute Gasteiger partial charge is 0.255 e. The number of halogens is 2. The molecule has 2 unspecified atom stereocenters. The first-order valence-corrected chi connectivity index (χ1v) is 7.60. The molecule has 2 rings (SSSR count). The third kappa shape index (κ3) is 3.37. The van der Waals surface area contributed by atoms with Crippen molar-refractivity contribution in [2.75, 3.05) is 19.8 Å². The van der Waals surface area contributed by atoms with E-state index in [4.69, 9.17) is 9.84 Å². The number of amides is 1. The van der Waals surface area contributed by atoms with Crippen molar-refractivity contribution in [3.63, 3.8) is 0 Å². The second-order valence-corrected chi connectivity index (χ2v) is 6.34. The Labute approximate surface area is 129 Å². The molecule has 1 amide bonds. The number of morpholine rings is 1. The van der Waals surface area contributed by atoms with Crippen LogP contribution in [0.25, 0.3) is 0 Å². The van der Waals surface area contributed by atoms with Gasteiger partial charge in [-0.25, -0.2) is 0 Å². The number of carbonyl (C=O) groups excluding carboxylic acids is 1. The van der Waals surface area contributed by atoms with Crippen LogP contribution >= 0.6 is 31.9 Å². The van der Waals surface area contributed by atoms with Crippen molar-refractivity contribution in [2.24, 2.45) is 0 Å². The summed E-state index contributed by atoms with van der Waals surface area (Å²) >= 11 is 6.77. The van der Waals surface area contributed by atoms with Crippen molar-refractivity contribution in [3.05, 3.63) is 32.7 Å². The number of aliphatic hydroxyl groups is 1. The Morgan fingerprint density at radius 2 is 2.26 bits per heavy atom. The molecule has 0 bridgehead atoms. The maximum atomic E-state index is 12.6. The van der Waals surface area contributed by atoms with E-state index in [0.29, 0.717) is 18.7 Å². The Kier molecular flexibility index (Phi) is 5.00. The van der Waals surface area contributed by atoms with Crippen LogP contribution < -0.4 is 0 Å². The minimum Gasteiger partial charge on any atom is -0.394 e. The van der Waals surface area contributed by atoms with Crippen LogP contribution in [0.2, 0.25) is 0 Å². The number of carbonyl (C=O) groups is 1. The summed E-state index contributed by atoms with van der Waals surface area (Å²) in [4.78, 5) is 14.3. The minimum atomic E-state index is -0.300. The summed E-state index contributed by atoms with van der Waals surface area (Å²) < 4.78 is 7.07. The van der Waals surface area contributed by atoms with E-state index in [1.807, 2.05) is 19.1 Å². The first kappa shape index (κ1) is 15.0. The van der Waals surface area contributed by atoms with Crippen LogP contribution in [0.3, 0.4) is 0 Å². The third-order valence-electron chi connectivity index (χ3n) is 3.13. The van der Waals surface area contributed by atoms with Gasteiger partial charge in [-0.15, -0.1) is 0 Å². The Bertz CT molecular complexity index is 481. The molecule has 0 radical (unpaired) electrons. The maximum absolute atomic E-state index is 12.6. The fourth-order valence-electron chi connectivity index (χ4n) is 2.03. The monoisotopic (exact) mass is 391 g/mol. The predicted molar refractivity (Wildman–Crippen MR) is 79.2 cm³/mol. The van der Waals surface area contributed by atoms with Gasteiger partial charge in [-0.05, 0) is 41.1 Å². The van der Waals surface area contributed by atoms with Crippen molar-refractivity contribution in [3.8, 4) is 0 Å². The number of rotatable bonds is 2. The average Bonchev–Trinajstić information content (AvgIpc) is 2.41. The van der Waals surface area contributed by atoms with Crippen molar-refractivity contribution in [2.45, 2.75) is 19.1 Å². The highest BCUT2D eigenvalue weighted by Crippen LogP contribution is 2.25. The second kappa shape index (κ2) is 6.35. The van der Waals surface area contributed by atoms with Crippen LogP contribution in [-0.4, -0.2) is 47.8 Å². The van der Waals surface area contributed by atoms with Crippen LogP contribution in [0.1, 0.15) is 17.3 Å². The molecule has 0 aromatic heterocycles. The van der Waals surface area contributed by atoms with Gasteiger partial charge in [-0.3, -0.25) is 4.79 Å². The van der Waals surface area contributed by atoms with E-state index < -0.39 is 0 Å². The van der Waals surface area contributed by atoms with Crippen LogP contribution in [0.5, 0.6) is 0 Å². The van der Waals surface area contributed by atoms with Gasteiger partial charge in [0.05, 0.1) is 30.9 Å². The lowest BCUT2D eigenvalue weighted by Crippen LogP contribution is -2.52. The van der Waals surface area contributed by atoms with Crippen molar-refractivity contribution in [1.29, 1.82) is 0 Å². The summed E-state index contributed by atoms with van der Waals surface area (Å²) in [5.74, 6) is -0.0533. The maximum Gasteiger partial charge on any atom is 0.255 e. The highest BCUT2D eigenvalue weighted by molar-refractivity contribution is 9.11. The lowest BCUT2D eigenvalue weighted by Gasteiger charge is -2.37. The fraction of sp³-hybridized carbons (Fsp3) is 0.462. The van der Waals surface area contributed by atoms with Gasteiger partial charge in [0.15, 0.2) is 0 Å². The molecular formula is C13H15Br2NO3. The van der Waals surface area contributed by atoms with E-state index in [9.17, 15) is 4.79 Å². The van der Waals surface area contributed by atoms with Crippen molar-refractivity contribution in [1.82, 2.24) is 4.90 Å². The van der Waals surface area contributed by atoms with Gasteiger partial charge >= 0.3 is 0 Å². The molecule has 6 heteroatoms. The van der Waals surface area contributed by atoms with E-state index >= 15 is 0 Å². The molecule has 19 heavy (non-hydrogen) atoms. The molecule has 1 saturated heterocycles. The third-order valence-corrected chi connectivity index (χ3v) is 4.31. The number of nitrogens with zero attached hydrogens (tertiary/aromatic N) is 1. The van der Waals surface area contributed by atoms with Crippen LogP contribution in [-0.2, 0) is 4.74 Å². The zero-order chi connectivity index (χ0) is 14.0. The molecule has 0 spiro atoms. The van der Waals surface area contributed by atoms with Gasteiger partial charge in [-0.2, -0.15) is 0 Å². The van der Waals surface area contributed by atoms with E-state index in [1.165, 1.54) is 0 Å². The molecule has 1 aliphatic rings. The summed E-state index contributed by atoms with van der Waals surface area (Å²) in [7, 11) is 0. The average molecular weight is 393 g/mol. The summed E-state index contributed by atoms with van der Waals surface area (Å²) in [5, 5.41) is 9.17. The number of ether oxygens (including phenoxy) is 1. The lowest BCUT2D eigenvalue weighted by molar-refractivity contribution is -0.0667. The predicted octanol–water partition coefficient (Wildman–Crippen LogP) is 2.43. The summed E-state index contributed by atoms with van der Waals surface area (Å²) in [6, 6.07) is 5.51. The number of aliphatic hydroxyl groups excluding tert-OH is 1.